The second-order valence-corrected chi connectivity index (χ2v) is 7.12. The minimum Gasteiger partial charge on any atom is -0.484 e. The highest BCUT2D eigenvalue weighted by Crippen LogP contribution is 2.31. The van der Waals surface area contributed by atoms with Crippen molar-refractivity contribution in [1.29, 1.82) is 0 Å². The van der Waals surface area contributed by atoms with Crippen molar-refractivity contribution in [2.24, 2.45) is 5.10 Å². The van der Waals surface area contributed by atoms with Crippen LogP contribution in [-0.4, -0.2) is 23.7 Å². The number of anilines is 1. The zero-order valence-corrected chi connectivity index (χ0v) is 16.1. The topological polar surface area (TPSA) is 67.9 Å². The molecular formula is C20H14ClN3O3S. The molecule has 8 heteroatoms. The van der Waals surface area contributed by atoms with E-state index in [9.17, 15) is 4.79 Å². The fourth-order valence-electron chi connectivity index (χ4n) is 2.40. The first-order valence-corrected chi connectivity index (χ1v) is 9.53. The summed E-state index contributed by atoms with van der Waals surface area (Å²) in [6, 6.07) is 18.0. The van der Waals surface area contributed by atoms with Gasteiger partial charge >= 0.3 is 0 Å². The van der Waals surface area contributed by atoms with Crippen LogP contribution >= 0.6 is 22.9 Å². The minimum absolute atomic E-state index is 0.184. The fourth-order valence-corrected chi connectivity index (χ4v) is 3.62. The number of ether oxygens (including phenoxy) is 1. The summed E-state index contributed by atoms with van der Waals surface area (Å²) in [6.45, 7) is -0.184. The van der Waals surface area contributed by atoms with Crippen LogP contribution in [-0.2, 0) is 4.79 Å². The first kappa shape index (κ1) is 18.2. The third-order valence-electron chi connectivity index (χ3n) is 3.71. The Hall–Kier alpha value is -3.16. The summed E-state index contributed by atoms with van der Waals surface area (Å²) in [5.74, 6) is 0.754. The second-order valence-electron chi connectivity index (χ2n) is 5.68. The molecule has 2 heterocycles. The Morgan fingerprint density at radius 2 is 2.07 bits per heavy atom. The van der Waals surface area contributed by atoms with Gasteiger partial charge in [0.1, 0.15) is 11.5 Å². The van der Waals surface area contributed by atoms with Gasteiger partial charge in [-0.3, -0.25) is 4.79 Å². The van der Waals surface area contributed by atoms with E-state index in [1.165, 1.54) is 28.8 Å². The van der Waals surface area contributed by atoms with E-state index >= 15 is 0 Å². The summed E-state index contributed by atoms with van der Waals surface area (Å²) < 4.78 is 11.7. The summed E-state index contributed by atoms with van der Waals surface area (Å²) in [5.41, 5.74) is 0.736. The molecule has 0 aliphatic heterocycles. The Balaban J connectivity index is 1.61. The zero-order valence-electron chi connectivity index (χ0n) is 14.5. The van der Waals surface area contributed by atoms with E-state index in [-0.39, 0.29) is 12.5 Å². The van der Waals surface area contributed by atoms with Crippen LogP contribution in [0.3, 0.4) is 0 Å². The van der Waals surface area contributed by atoms with Gasteiger partial charge < -0.3 is 9.15 Å². The predicted molar refractivity (Wildman–Crippen MR) is 110 cm³/mol. The lowest BCUT2D eigenvalue weighted by molar-refractivity contribution is -0.120. The van der Waals surface area contributed by atoms with Crippen molar-refractivity contribution in [3.05, 3.63) is 77.7 Å². The van der Waals surface area contributed by atoms with Crippen LogP contribution in [0.5, 0.6) is 5.75 Å². The van der Waals surface area contributed by atoms with Crippen LogP contribution in [0.25, 0.3) is 10.2 Å². The van der Waals surface area contributed by atoms with Gasteiger partial charge in [0.15, 0.2) is 6.61 Å². The van der Waals surface area contributed by atoms with Gasteiger partial charge in [-0.1, -0.05) is 41.1 Å². The SMILES string of the molecule is O=C(COc1ccccc1)N(/N=C\c1ccco1)c1nc2ccc(Cl)cc2s1. The molecule has 0 bridgehead atoms. The Bertz CT molecular complexity index is 1110. The minimum atomic E-state index is -0.364. The number of hydrazone groups is 1. The molecule has 140 valence electrons. The van der Waals surface area contributed by atoms with Gasteiger partial charge in [0.05, 0.1) is 22.7 Å². The molecule has 0 atom stereocenters. The number of nitrogens with zero attached hydrogens (tertiary/aromatic N) is 3. The summed E-state index contributed by atoms with van der Waals surface area (Å²) in [4.78, 5) is 17.3. The number of aromatic nitrogens is 1. The summed E-state index contributed by atoms with van der Waals surface area (Å²) >= 11 is 7.37. The molecule has 2 aromatic heterocycles. The molecule has 0 fully saturated rings. The Morgan fingerprint density at radius 3 is 2.86 bits per heavy atom. The fraction of sp³-hybridized carbons (Fsp3) is 0.0500. The highest BCUT2D eigenvalue weighted by Gasteiger charge is 2.20. The lowest BCUT2D eigenvalue weighted by Crippen LogP contribution is -2.30. The molecular weight excluding hydrogens is 398 g/mol. The third-order valence-corrected chi connectivity index (χ3v) is 4.93. The first-order valence-electron chi connectivity index (χ1n) is 8.33. The summed E-state index contributed by atoms with van der Waals surface area (Å²) in [5, 5.41) is 6.50. The first-order chi connectivity index (χ1) is 13.7. The molecule has 0 N–H and O–H groups in total. The van der Waals surface area contributed by atoms with E-state index in [1.54, 1.807) is 42.5 Å². The van der Waals surface area contributed by atoms with Crippen LogP contribution in [0, 0.1) is 0 Å². The monoisotopic (exact) mass is 411 g/mol. The van der Waals surface area contributed by atoms with Crippen LogP contribution < -0.4 is 9.75 Å². The predicted octanol–water partition coefficient (Wildman–Crippen LogP) is 4.99. The average Bonchev–Trinajstić information content (AvgIpc) is 3.37. The normalized spacial score (nSPS) is 11.2. The van der Waals surface area contributed by atoms with Crippen LogP contribution in [0.4, 0.5) is 5.13 Å². The van der Waals surface area contributed by atoms with Crippen LogP contribution in [0.1, 0.15) is 5.76 Å². The number of hydrogen-bond donors (Lipinski definition) is 0. The molecule has 0 aliphatic carbocycles. The van der Waals surface area contributed by atoms with Gasteiger partial charge in [-0.05, 0) is 42.5 Å². The molecule has 0 saturated heterocycles. The number of amides is 1. The van der Waals surface area contributed by atoms with E-state index in [2.05, 4.69) is 10.1 Å². The zero-order chi connectivity index (χ0) is 19.3. The largest absolute Gasteiger partial charge is 0.484 e. The van der Waals surface area contributed by atoms with E-state index < -0.39 is 0 Å². The molecule has 0 spiro atoms. The van der Waals surface area contributed by atoms with Crippen LogP contribution in [0.2, 0.25) is 5.02 Å². The van der Waals surface area contributed by atoms with Crippen LogP contribution in [0.15, 0.2) is 76.4 Å². The van der Waals surface area contributed by atoms with Crippen molar-refractivity contribution < 1.29 is 13.9 Å². The van der Waals surface area contributed by atoms with Gasteiger partial charge in [0.25, 0.3) is 5.91 Å². The number of halogens is 1. The molecule has 0 saturated carbocycles. The van der Waals surface area contributed by atoms with Crippen molar-refractivity contribution in [2.75, 3.05) is 11.6 Å². The highest BCUT2D eigenvalue weighted by atomic mass is 35.5. The lowest BCUT2D eigenvalue weighted by Gasteiger charge is -2.14. The number of carbonyl (C=O) groups excluding carboxylic acids is 1. The van der Waals surface area contributed by atoms with Gasteiger partial charge in [-0.25, -0.2) is 4.98 Å². The molecule has 0 unspecified atom stereocenters. The van der Waals surface area contributed by atoms with Gasteiger partial charge in [-0.15, -0.1) is 0 Å². The van der Waals surface area contributed by atoms with Crippen molar-refractivity contribution in [3.63, 3.8) is 0 Å². The van der Waals surface area contributed by atoms with E-state index in [0.717, 1.165) is 10.2 Å². The maximum Gasteiger partial charge on any atom is 0.287 e. The maximum atomic E-state index is 12.8. The number of para-hydroxylation sites is 1. The van der Waals surface area contributed by atoms with Gasteiger partial charge in [0.2, 0.25) is 5.13 Å². The van der Waals surface area contributed by atoms with Crippen molar-refractivity contribution >= 4 is 50.4 Å². The molecule has 28 heavy (non-hydrogen) atoms. The number of furan rings is 1. The molecule has 4 aromatic rings. The smallest absolute Gasteiger partial charge is 0.287 e. The number of rotatable bonds is 6. The number of benzene rings is 2. The molecule has 6 nitrogen and oxygen atoms in total. The highest BCUT2D eigenvalue weighted by molar-refractivity contribution is 7.22. The van der Waals surface area contributed by atoms with Crippen molar-refractivity contribution in [3.8, 4) is 5.75 Å². The van der Waals surface area contributed by atoms with Crippen molar-refractivity contribution in [2.45, 2.75) is 0 Å². The Labute approximate surface area is 169 Å². The van der Waals surface area contributed by atoms with E-state index in [1.807, 2.05) is 18.2 Å². The van der Waals surface area contributed by atoms with Crippen molar-refractivity contribution in [1.82, 2.24) is 4.98 Å². The second kappa shape index (κ2) is 8.24. The number of fused-ring (bicyclic) bond motifs is 1. The standard InChI is InChI=1S/C20H14ClN3O3S/c21-14-8-9-17-18(11-14)28-20(23-17)24(22-12-16-7-4-10-26-16)19(25)13-27-15-5-2-1-3-6-15/h1-12H,13H2/b22-12-. The summed E-state index contributed by atoms with van der Waals surface area (Å²) in [6.07, 6.45) is 2.99. The van der Waals surface area contributed by atoms with E-state index in [4.69, 9.17) is 20.8 Å². The lowest BCUT2D eigenvalue weighted by atomic mass is 10.3. The number of thiazole rings is 1. The third kappa shape index (κ3) is 4.21. The molecule has 0 radical (unpaired) electrons. The molecule has 0 aliphatic rings. The Kier molecular flexibility index (Phi) is 5.36. The van der Waals surface area contributed by atoms with Gasteiger partial charge in [-0.2, -0.15) is 10.1 Å². The number of carbonyl (C=O) groups is 1. The van der Waals surface area contributed by atoms with Gasteiger partial charge in [0, 0.05) is 5.02 Å². The quantitative estimate of drug-likeness (QED) is 0.331. The van der Waals surface area contributed by atoms with E-state index in [0.29, 0.717) is 21.7 Å². The maximum absolute atomic E-state index is 12.8. The average molecular weight is 412 g/mol. The molecule has 4 rings (SSSR count). The Morgan fingerprint density at radius 1 is 1.21 bits per heavy atom. The molecule has 1 amide bonds. The molecule has 2 aromatic carbocycles. The summed E-state index contributed by atoms with van der Waals surface area (Å²) in [7, 11) is 0. The number of hydrogen-bond acceptors (Lipinski definition) is 6.